The molecule has 1 N–H and O–H groups in total. The first kappa shape index (κ1) is 25.8. The number of carbonyl (C=O) groups excluding carboxylic acids is 1. The Morgan fingerprint density at radius 3 is 2.32 bits per heavy atom. The molecule has 1 aliphatic carbocycles. The summed E-state index contributed by atoms with van der Waals surface area (Å²) in [4.78, 5) is 28.0. The molecule has 1 heterocycles. The van der Waals surface area contributed by atoms with Crippen LogP contribution in [0.5, 0.6) is 11.5 Å². The average Bonchev–Trinajstić information content (AvgIpc) is 3.48. The highest BCUT2D eigenvalue weighted by Crippen LogP contribution is 2.40. The van der Waals surface area contributed by atoms with Gasteiger partial charge in [-0.15, -0.1) is 0 Å². The van der Waals surface area contributed by atoms with Gasteiger partial charge in [0, 0.05) is 18.5 Å². The zero-order chi connectivity index (χ0) is 26.5. The van der Waals surface area contributed by atoms with Crippen LogP contribution in [-0.2, 0) is 33.9 Å². The SMILES string of the molecule is COc1ccc2c(c1OCc1ccccc1)C[C@@H](C(=O)O)N(C(=O)C(OC1CCCC1)c1ccccc1)C2. The number of benzene rings is 3. The minimum absolute atomic E-state index is 0.00763. The summed E-state index contributed by atoms with van der Waals surface area (Å²) in [5.41, 5.74) is 3.32. The normalized spacial score (nSPS) is 18.0. The van der Waals surface area contributed by atoms with Gasteiger partial charge in [0.25, 0.3) is 5.91 Å². The number of carbonyl (C=O) groups is 2. The van der Waals surface area contributed by atoms with E-state index >= 15 is 0 Å². The maximum Gasteiger partial charge on any atom is 0.326 e. The van der Waals surface area contributed by atoms with Crippen molar-refractivity contribution < 1.29 is 28.9 Å². The number of carboxylic acids is 1. The van der Waals surface area contributed by atoms with Crippen molar-refractivity contribution in [3.05, 3.63) is 95.1 Å². The van der Waals surface area contributed by atoms with Crippen molar-refractivity contribution >= 4 is 11.9 Å². The molecule has 5 rings (SSSR count). The van der Waals surface area contributed by atoms with Crippen LogP contribution in [0.1, 0.15) is 54.0 Å². The first-order valence-corrected chi connectivity index (χ1v) is 13.1. The third-order valence-corrected chi connectivity index (χ3v) is 7.41. The van der Waals surface area contributed by atoms with Gasteiger partial charge in [-0.2, -0.15) is 0 Å². The van der Waals surface area contributed by atoms with Crippen LogP contribution in [0.25, 0.3) is 0 Å². The standard InChI is InChI=1S/C31H33NO6/c1-36-27-17-16-23-19-32(30(33)28(22-12-6-3-7-13-22)38-24-14-8-9-15-24)26(31(34)35)18-25(23)29(27)37-20-21-10-4-2-5-11-21/h2-7,10-13,16-17,24,26,28H,8-9,14-15,18-20H2,1H3,(H,34,35)/t26-,28?/m0/s1. The number of carboxylic acid groups (broad SMARTS) is 1. The van der Waals surface area contributed by atoms with E-state index in [1.807, 2.05) is 72.8 Å². The summed E-state index contributed by atoms with van der Waals surface area (Å²) in [5, 5.41) is 10.2. The molecule has 0 saturated heterocycles. The van der Waals surface area contributed by atoms with Crippen LogP contribution >= 0.6 is 0 Å². The first-order valence-electron chi connectivity index (χ1n) is 13.1. The fourth-order valence-corrected chi connectivity index (χ4v) is 5.39. The zero-order valence-electron chi connectivity index (χ0n) is 21.5. The number of nitrogens with zero attached hydrogens (tertiary/aromatic N) is 1. The Morgan fingerprint density at radius 1 is 0.974 bits per heavy atom. The van der Waals surface area contributed by atoms with Crippen LogP contribution < -0.4 is 9.47 Å². The lowest BCUT2D eigenvalue weighted by Gasteiger charge is -2.37. The van der Waals surface area contributed by atoms with Gasteiger partial charge in [0.05, 0.1) is 13.2 Å². The monoisotopic (exact) mass is 515 g/mol. The summed E-state index contributed by atoms with van der Waals surface area (Å²) in [6, 6.07) is 21.8. The Kier molecular flexibility index (Phi) is 7.94. The summed E-state index contributed by atoms with van der Waals surface area (Å²) in [5.74, 6) is -0.332. The molecule has 3 aromatic carbocycles. The highest BCUT2D eigenvalue weighted by atomic mass is 16.5. The van der Waals surface area contributed by atoms with Crippen LogP contribution in [0.15, 0.2) is 72.8 Å². The number of rotatable bonds is 9. The average molecular weight is 516 g/mol. The lowest BCUT2D eigenvalue weighted by molar-refractivity contribution is -0.160. The Morgan fingerprint density at radius 2 is 1.66 bits per heavy atom. The van der Waals surface area contributed by atoms with Gasteiger partial charge in [-0.1, -0.05) is 79.6 Å². The fourth-order valence-electron chi connectivity index (χ4n) is 5.39. The molecule has 0 radical (unpaired) electrons. The van der Waals surface area contributed by atoms with Crippen LogP contribution in [-0.4, -0.2) is 41.1 Å². The van der Waals surface area contributed by atoms with Crippen molar-refractivity contribution in [2.45, 2.75) is 63.5 Å². The van der Waals surface area contributed by atoms with Crippen molar-refractivity contribution in [1.82, 2.24) is 4.90 Å². The summed E-state index contributed by atoms with van der Waals surface area (Å²) < 4.78 is 18.1. The molecule has 2 atom stereocenters. The van der Waals surface area contributed by atoms with Crippen LogP contribution in [0.2, 0.25) is 0 Å². The van der Waals surface area contributed by atoms with Gasteiger partial charge in [0.15, 0.2) is 17.6 Å². The van der Waals surface area contributed by atoms with E-state index in [0.717, 1.165) is 47.9 Å². The van der Waals surface area contributed by atoms with Crippen molar-refractivity contribution in [2.75, 3.05) is 7.11 Å². The van der Waals surface area contributed by atoms with E-state index in [1.165, 1.54) is 4.90 Å². The van der Waals surface area contributed by atoms with Crippen LogP contribution in [0.4, 0.5) is 0 Å². The van der Waals surface area contributed by atoms with E-state index in [-0.39, 0.29) is 25.0 Å². The molecule has 2 aliphatic rings. The Hall–Kier alpha value is -3.84. The predicted octanol–water partition coefficient (Wildman–Crippen LogP) is 5.31. The third-order valence-electron chi connectivity index (χ3n) is 7.41. The van der Waals surface area contributed by atoms with E-state index < -0.39 is 18.1 Å². The second-order valence-corrected chi connectivity index (χ2v) is 9.87. The third kappa shape index (κ3) is 5.53. The quantitative estimate of drug-likeness (QED) is 0.416. The van der Waals surface area contributed by atoms with Gasteiger partial charge in [0.2, 0.25) is 0 Å². The number of fused-ring (bicyclic) bond motifs is 1. The molecule has 7 heteroatoms. The molecule has 1 unspecified atom stereocenters. The van der Waals surface area contributed by atoms with E-state index in [4.69, 9.17) is 14.2 Å². The lowest BCUT2D eigenvalue weighted by Crippen LogP contribution is -2.50. The molecule has 198 valence electrons. The largest absolute Gasteiger partial charge is 0.493 e. The lowest BCUT2D eigenvalue weighted by atomic mass is 9.91. The highest BCUT2D eigenvalue weighted by Gasteiger charge is 2.41. The molecule has 1 amide bonds. The van der Waals surface area contributed by atoms with E-state index in [0.29, 0.717) is 18.1 Å². The minimum atomic E-state index is -1.06. The zero-order valence-corrected chi connectivity index (χ0v) is 21.5. The smallest absolute Gasteiger partial charge is 0.326 e. The van der Waals surface area contributed by atoms with Crippen molar-refractivity contribution in [3.8, 4) is 11.5 Å². The summed E-state index contributed by atoms with van der Waals surface area (Å²) in [6.07, 6.45) is 3.21. The Labute approximate surface area is 222 Å². The number of methoxy groups -OCH3 is 1. The molecule has 38 heavy (non-hydrogen) atoms. The second kappa shape index (κ2) is 11.7. The van der Waals surface area contributed by atoms with E-state index in [9.17, 15) is 14.7 Å². The summed E-state index contributed by atoms with van der Waals surface area (Å²) in [6.45, 7) is 0.466. The van der Waals surface area contributed by atoms with Gasteiger partial charge in [-0.3, -0.25) is 4.79 Å². The molecule has 3 aromatic rings. The first-order chi connectivity index (χ1) is 18.5. The van der Waals surface area contributed by atoms with E-state index in [2.05, 4.69) is 0 Å². The van der Waals surface area contributed by atoms with E-state index in [1.54, 1.807) is 7.11 Å². The molecule has 0 aromatic heterocycles. The number of ether oxygens (including phenoxy) is 3. The maximum absolute atomic E-state index is 14.0. The molecule has 1 fully saturated rings. The van der Waals surface area contributed by atoms with Crippen molar-refractivity contribution in [1.29, 1.82) is 0 Å². The molecule has 0 spiro atoms. The highest BCUT2D eigenvalue weighted by molar-refractivity contribution is 5.88. The van der Waals surface area contributed by atoms with Gasteiger partial charge >= 0.3 is 5.97 Å². The fraction of sp³-hybridized carbons (Fsp3) is 0.355. The Bertz CT molecular complexity index is 1260. The summed E-state index contributed by atoms with van der Waals surface area (Å²) >= 11 is 0. The van der Waals surface area contributed by atoms with Crippen LogP contribution in [0.3, 0.4) is 0 Å². The van der Waals surface area contributed by atoms with Gasteiger partial charge < -0.3 is 24.2 Å². The molecular formula is C31H33NO6. The number of hydrogen-bond acceptors (Lipinski definition) is 5. The molecule has 0 bridgehead atoms. The number of aliphatic carboxylic acids is 1. The van der Waals surface area contributed by atoms with Gasteiger partial charge in [-0.25, -0.2) is 4.79 Å². The van der Waals surface area contributed by atoms with Gasteiger partial charge in [-0.05, 0) is 35.6 Å². The number of amides is 1. The second-order valence-electron chi connectivity index (χ2n) is 9.87. The van der Waals surface area contributed by atoms with Crippen LogP contribution in [0, 0.1) is 0 Å². The molecule has 1 saturated carbocycles. The molecule has 1 aliphatic heterocycles. The minimum Gasteiger partial charge on any atom is -0.493 e. The predicted molar refractivity (Wildman–Crippen MR) is 142 cm³/mol. The van der Waals surface area contributed by atoms with Gasteiger partial charge in [0.1, 0.15) is 12.6 Å². The maximum atomic E-state index is 14.0. The number of hydrogen-bond donors (Lipinski definition) is 1. The summed E-state index contributed by atoms with van der Waals surface area (Å²) in [7, 11) is 1.56. The molecule has 7 nitrogen and oxygen atoms in total. The molecular weight excluding hydrogens is 482 g/mol. The topological polar surface area (TPSA) is 85.3 Å². The Balaban J connectivity index is 1.46. The van der Waals surface area contributed by atoms with Crippen molar-refractivity contribution in [2.24, 2.45) is 0 Å². The van der Waals surface area contributed by atoms with Crippen molar-refractivity contribution in [3.63, 3.8) is 0 Å².